The highest BCUT2D eigenvalue weighted by Crippen LogP contribution is 2.10. The fourth-order valence-corrected chi connectivity index (χ4v) is 3.27. The number of rotatable bonds is 9. The molecule has 0 fully saturated rings. The van der Waals surface area contributed by atoms with E-state index in [0.29, 0.717) is 36.1 Å². The van der Waals surface area contributed by atoms with Crippen molar-refractivity contribution in [3.63, 3.8) is 0 Å². The van der Waals surface area contributed by atoms with Gasteiger partial charge in [-0.2, -0.15) is 0 Å². The van der Waals surface area contributed by atoms with Crippen molar-refractivity contribution in [2.75, 3.05) is 32.9 Å². The van der Waals surface area contributed by atoms with Crippen molar-refractivity contribution in [1.82, 2.24) is 16.0 Å². The maximum Gasteiger partial charge on any atom is 0.251 e. The number of nitrogens with one attached hydrogen (secondary N) is 3. The molecule has 2 aromatic rings. The highest BCUT2D eigenvalue weighted by atomic mass is 32.2. The predicted molar refractivity (Wildman–Crippen MR) is 116 cm³/mol. The van der Waals surface area contributed by atoms with Gasteiger partial charge < -0.3 is 16.0 Å². The van der Waals surface area contributed by atoms with E-state index in [9.17, 15) is 13.2 Å². The van der Waals surface area contributed by atoms with Gasteiger partial charge in [0.25, 0.3) is 5.91 Å². The lowest BCUT2D eigenvalue weighted by molar-refractivity contribution is 0.0953. The predicted octanol–water partition coefficient (Wildman–Crippen LogP) is 1.62. The standard InChI is InChI=1S/C21H28N4O3S/c1-22-21(24-15-6-14-23-20(26)18-7-4-3-5-8-18)25-16-13-17-9-11-19(12-10-17)29(2,27)28/h3-5,7-12H,6,13-16H2,1-2H3,(H,23,26)(H2,22,24,25). The molecule has 0 saturated carbocycles. The largest absolute Gasteiger partial charge is 0.356 e. The van der Waals surface area contributed by atoms with Gasteiger partial charge in [-0.05, 0) is 42.7 Å². The minimum absolute atomic E-state index is 0.0741. The van der Waals surface area contributed by atoms with Gasteiger partial charge in [0.05, 0.1) is 4.90 Å². The number of carbonyl (C=O) groups is 1. The first-order chi connectivity index (χ1) is 13.9. The van der Waals surface area contributed by atoms with Crippen molar-refractivity contribution >= 4 is 21.7 Å². The van der Waals surface area contributed by atoms with Crippen LogP contribution in [-0.4, -0.2) is 53.2 Å². The molecule has 29 heavy (non-hydrogen) atoms. The van der Waals surface area contributed by atoms with Crippen molar-refractivity contribution in [3.05, 3.63) is 65.7 Å². The molecule has 8 heteroatoms. The van der Waals surface area contributed by atoms with Crippen molar-refractivity contribution in [2.45, 2.75) is 17.7 Å². The van der Waals surface area contributed by atoms with Gasteiger partial charge in [0, 0.05) is 38.5 Å². The Hall–Kier alpha value is -2.87. The quantitative estimate of drug-likeness (QED) is 0.328. The number of aliphatic imine (C=N–C) groups is 1. The number of hydrogen-bond donors (Lipinski definition) is 3. The molecule has 0 unspecified atom stereocenters. The smallest absolute Gasteiger partial charge is 0.251 e. The Balaban J connectivity index is 1.63. The monoisotopic (exact) mass is 416 g/mol. The molecule has 0 aliphatic carbocycles. The number of nitrogens with zero attached hydrogens (tertiary/aromatic N) is 1. The summed E-state index contributed by atoms with van der Waals surface area (Å²) in [5, 5.41) is 9.32. The van der Waals surface area contributed by atoms with Gasteiger partial charge in [0.2, 0.25) is 0 Å². The van der Waals surface area contributed by atoms with E-state index in [2.05, 4.69) is 20.9 Å². The topological polar surface area (TPSA) is 99.7 Å². The molecule has 0 aromatic heterocycles. The first-order valence-electron chi connectivity index (χ1n) is 9.47. The molecule has 0 aliphatic rings. The van der Waals surface area contributed by atoms with Crippen molar-refractivity contribution in [2.24, 2.45) is 4.99 Å². The number of sulfone groups is 1. The third-order valence-electron chi connectivity index (χ3n) is 4.25. The Morgan fingerprint density at radius 1 is 0.897 bits per heavy atom. The van der Waals surface area contributed by atoms with Crippen LogP contribution in [0.15, 0.2) is 64.5 Å². The molecule has 0 atom stereocenters. The van der Waals surface area contributed by atoms with Crippen LogP contribution >= 0.6 is 0 Å². The summed E-state index contributed by atoms with van der Waals surface area (Å²) >= 11 is 0. The summed E-state index contributed by atoms with van der Waals surface area (Å²) in [6, 6.07) is 16.0. The number of amides is 1. The van der Waals surface area contributed by atoms with Crippen LogP contribution in [0, 0.1) is 0 Å². The second kappa shape index (κ2) is 11.2. The van der Waals surface area contributed by atoms with Gasteiger partial charge >= 0.3 is 0 Å². The molecule has 0 heterocycles. The van der Waals surface area contributed by atoms with Crippen LogP contribution in [-0.2, 0) is 16.3 Å². The number of guanidine groups is 1. The lowest BCUT2D eigenvalue weighted by Crippen LogP contribution is -2.39. The van der Waals surface area contributed by atoms with E-state index in [1.165, 1.54) is 6.26 Å². The van der Waals surface area contributed by atoms with Gasteiger partial charge in [0.1, 0.15) is 0 Å². The SMILES string of the molecule is CN=C(NCCCNC(=O)c1ccccc1)NCCc1ccc(S(C)(=O)=O)cc1. The average molecular weight is 417 g/mol. The lowest BCUT2D eigenvalue weighted by Gasteiger charge is -2.12. The van der Waals surface area contributed by atoms with E-state index in [1.807, 2.05) is 30.3 Å². The summed E-state index contributed by atoms with van der Waals surface area (Å²) in [5.74, 6) is 0.613. The molecular weight excluding hydrogens is 388 g/mol. The zero-order valence-corrected chi connectivity index (χ0v) is 17.6. The second-order valence-corrected chi connectivity index (χ2v) is 8.58. The summed E-state index contributed by atoms with van der Waals surface area (Å²) < 4.78 is 23.0. The molecule has 7 nitrogen and oxygen atoms in total. The Morgan fingerprint density at radius 2 is 1.52 bits per heavy atom. The van der Waals surface area contributed by atoms with Crippen LogP contribution in [0.3, 0.4) is 0 Å². The third kappa shape index (κ3) is 7.95. The molecule has 0 aliphatic heterocycles. The third-order valence-corrected chi connectivity index (χ3v) is 5.38. The van der Waals surface area contributed by atoms with Crippen LogP contribution in [0.4, 0.5) is 0 Å². The summed E-state index contributed by atoms with van der Waals surface area (Å²) in [5.41, 5.74) is 1.70. The van der Waals surface area contributed by atoms with E-state index in [4.69, 9.17) is 0 Å². The van der Waals surface area contributed by atoms with Crippen LogP contribution in [0.25, 0.3) is 0 Å². The fourth-order valence-electron chi connectivity index (χ4n) is 2.64. The normalized spacial score (nSPS) is 11.7. The van der Waals surface area contributed by atoms with Gasteiger partial charge in [0.15, 0.2) is 15.8 Å². The fraction of sp³-hybridized carbons (Fsp3) is 0.333. The average Bonchev–Trinajstić information content (AvgIpc) is 2.72. The number of hydrogen-bond acceptors (Lipinski definition) is 4. The summed E-state index contributed by atoms with van der Waals surface area (Å²) in [6.07, 6.45) is 2.72. The molecule has 0 bridgehead atoms. The molecule has 3 N–H and O–H groups in total. The van der Waals surface area contributed by atoms with Crippen molar-refractivity contribution in [3.8, 4) is 0 Å². The highest BCUT2D eigenvalue weighted by Gasteiger charge is 2.06. The second-order valence-electron chi connectivity index (χ2n) is 6.57. The minimum Gasteiger partial charge on any atom is -0.356 e. The first-order valence-corrected chi connectivity index (χ1v) is 11.4. The molecule has 0 radical (unpaired) electrons. The summed E-state index contributed by atoms with van der Waals surface area (Å²) in [4.78, 5) is 16.4. The van der Waals surface area contributed by atoms with E-state index in [1.54, 1.807) is 31.3 Å². The zero-order valence-electron chi connectivity index (χ0n) is 16.8. The lowest BCUT2D eigenvalue weighted by atomic mass is 10.1. The van der Waals surface area contributed by atoms with Crippen LogP contribution in [0.2, 0.25) is 0 Å². The minimum atomic E-state index is -3.16. The Bertz CT molecular complexity index is 911. The van der Waals surface area contributed by atoms with E-state index in [-0.39, 0.29) is 5.91 Å². The molecular formula is C21H28N4O3S. The molecule has 2 aromatic carbocycles. The Kier molecular flexibility index (Phi) is 8.67. The Morgan fingerprint density at radius 3 is 2.14 bits per heavy atom. The molecule has 2 rings (SSSR count). The number of benzene rings is 2. The zero-order chi connectivity index (χ0) is 21.1. The molecule has 156 valence electrons. The molecule has 0 spiro atoms. The summed E-state index contributed by atoms with van der Waals surface area (Å²) in [6.45, 7) is 1.92. The van der Waals surface area contributed by atoms with Crippen molar-refractivity contribution < 1.29 is 13.2 Å². The van der Waals surface area contributed by atoms with Gasteiger partial charge in [-0.15, -0.1) is 0 Å². The van der Waals surface area contributed by atoms with Crippen LogP contribution in [0.1, 0.15) is 22.3 Å². The Labute approximate surface area is 172 Å². The van der Waals surface area contributed by atoms with Crippen LogP contribution in [0.5, 0.6) is 0 Å². The van der Waals surface area contributed by atoms with Gasteiger partial charge in [-0.3, -0.25) is 9.79 Å². The van der Waals surface area contributed by atoms with Crippen LogP contribution < -0.4 is 16.0 Å². The van der Waals surface area contributed by atoms with E-state index >= 15 is 0 Å². The molecule has 1 amide bonds. The van der Waals surface area contributed by atoms with Crippen molar-refractivity contribution in [1.29, 1.82) is 0 Å². The highest BCUT2D eigenvalue weighted by molar-refractivity contribution is 7.90. The maximum atomic E-state index is 11.9. The van der Waals surface area contributed by atoms with Gasteiger partial charge in [-0.1, -0.05) is 30.3 Å². The van der Waals surface area contributed by atoms with E-state index < -0.39 is 9.84 Å². The molecule has 0 saturated heterocycles. The van der Waals surface area contributed by atoms with Gasteiger partial charge in [-0.25, -0.2) is 8.42 Å². The first kappa shape index (κ1) is 22.4. The number of carbonyl (C=O) groups excluding carboxylic acids is 1. The van der Waals surface area contributed by atoms with E-state index in [0.717, 1.165) is 18.4 Å². The maximum absolute atomic E-state index is 11.9. The summed E-state index contributed by atoms with van der Waals surface area (Å²) in [7, 11) is -1.46.